The van der Waals surface area contributed by atoms with Gasteiger partial charge in [0.25, 0.3) is 0 Å². The Morgan fingerprint density at radius 1 is 1.44 bits per heavy atom. The van der Waals surface area contributed by atoms with Crippen molar-refractivity contribution in [2.75, 3.05) is 13.7 Å². The summed E-state index contributed by atoms with van der Waals surface area (Å²) in [4.78, 5) is 11.4. The predicted octanol–water partition coefficient (Wildman–Crippen LogP) is 3.37. The Bertz CT molecular complexity index is 405. The normalized spacial score (nSPS) is 10.7. The van der Waals surface area contributed by atoms with Crippen molar-refractivity contribution < 1.29 is 9.53 Å². The topological polar surface area (TPSA) is 38.3 Å². The molecule has 0 spiro atoms. The molecule has 0 saturated carbocycles. The maximum atomic E-state index is 11.4. The van der Waals surface area contributed by atoms with Crippen molar-refractivity contribution in [2.24, 2.45) is 5.92 Å². The van der Waals surface area contributed by atoms with Gasteiger partial charge in [-0.25, -0.2) is 4.79 Å². The Hall–Kier alpha value is -0.870. The van der Waals surface area contributed by atoms with E-state index >= 15 is 0 Å². The lowest BCUT2D eigenvalue weighted by molar-refractivity contribution is 0.0600. The summed E-state index contributed by atoms with van der Waals surface area (Å²) >= 11 is 3.48. The largest absolute Gasteiger partial charge is 0.465 e. The lowest BCUT2D eigenvalue weighted by Crippen LogP contribution is -2.16. The van der Waals surface area contributed by atoms with E-state index in [0.29, 0.717) is 11.5 Å². The van der Waals surface area contributed by atoms with Crippen LogP contribution in [0.3, 0.4) is 0 Å². The van der Waals surface area contributed by atoms with Gasteiger partial charge in [0, 0.05) is 11.0 Å². The van der Waals surface area contributed by atoms with Crippen LogP contribution in [0.25, 0.3) is 0 Å². The zero-order valence-electron chi connectivity index (χ0n) is 11.1. The first kappa shape index (κ1) is 15.2. The molecule has 3 nitrogen and oxygen atoms in total. The van der Waals surface area contributed by atoms with E-state index < -0.39 is 0 Å². The molecule has 0 aliphatic rings. The second-order valence-electron chi connectivity index (χ2n) is 4.66. The highest BCUT2D eigenvalue weighted by molar-refractivity contribution is 9.10. The summed E-state index contributed by atoms with van der Waals surface area (Å²) in [6.07, 6.45) is 1.16. The number of ether oxygens (including phenoxy) is 1. The Balaban J connectivity index is 2.55. The maximum absolute atomic E-state index is 11.4. The van der Waals surface area contributed by atoms with Gasteiger partial charge in [0.05, 0.1) is 12.7 Å². The summed E-state index contributed by atoms with van der Waals surface area (Å²) < 4.78 is 5.61. The first-order valence-electron chi connectivity index (χ1n) is 6.12. The molecule has 1 aromatic carbocycles. The van der Waals surface area contributed by atoms with Gasteiger partial charge in [-0.15, -0.1) is 0 Å². The van der Waals surface area contributed by atoms with E-state index in [-0.39, 0.29) is 5.97 Å². The van der Waals surface area contributed by atoms with Crippen molar-refractivity contribution in [3.8, 4) is 0 Å². The lowest BCUT2D eigenvalue weighted by atomic mass is 10.1. The van der Waals surface area contributed by atoms with Crippen LogP contribution in [0.4, 0.5) is 0 Å². The molecule has 0 unspecified atom stereocenters. The van der Waals surface area contributed by atoms with E-state index in [0.717, 1.165) is 29.5 Å². The first-order valence-corrected chi connectivity index (χ1v) is 6.91. The van der Waals surface area contributed by atoms with E-state index in [4.69, 9.17) is 0 Å². The molecule has 0 bridgehead atoms. The number of halogens is 1. The van der Waals surface area contributed by atoms with E-state index in [9.17, 15) is 4.79 Å². The SMILES string of the molecule is COC(=O)c1ccc(CNCCC(C)C)c(Br)c1. The highest BCUT2D eigenvalue weighted by atomic mass is 79.9. The van der Waals surface area contributed by atoms with Gasteiger partial charge in [0.15, 0.2) is 0 Å². The van der Waals surface area contributed by atoms with E-state index in [2.05, 4.69) is 39.8 Å². The molecule has 0 aliphatic carbocycles. The summed E-state index contributed by atoms with van der Waals surface area (Å²) in [6, 6.07) is 5.53. The molecule has 0 aromatic heterocycles. The molecule has 1 aromatic rings. The van der Waals surface area contributed by atoms with Crippen molar-refractivity contribution in [2.45, 2.75) is 26.8 Å². The number of hydrogen-bond donors (Lipinski definition) is 1. The quantitative estimate of drug-likeness (QED) is 0.646. The summed E-state index contributed by atoms with van der Waals surface area (Å²) in [6.45, 7) is 6.23. The van der Waals surface area contributed by atoms with Crippen LogP contribution in [0.5, 0.6) is 0 Å². The number of rotatable bonds is 6. The third kappa shape index (κ3) is 4.78. The van der Waals surface area contributed by atoms with E-state index in [1.807, 2.05) is 6.07 Å². The molecule has 1 N–H and O–H groups in total. The number of hydrogen-bond acceptors (Lipinski definition) is 3. The molecule has 0 saturated heterocycles. The van der Waals surface area contributed by atoms with Crippen LogP contribution >= 0.6 is 15.9 Å². The third-order valence-corrected chi connectivity index (χ3v) is 3.43. The van der Waals surface area contributed by atoms with Crippen LogP contribution in [0.2, 0.25) is 0 Å². The molecule has 18 heavy (non-hydrogen) atoms. The second-order valence-corrected chi connectivity index (χ2v) is 5.51. The second kappa shape index (κ2) is 7.54. The third-order valence-electron chi connectivity index (χ3n) is 2.69. The van der Waals surface area contributed by atoms with Crippen molar-refractivity contribution >= 4 is 21.9 Å². The van der Waals surface area contributed by atoms with Crippen molar-refractivity contribution in [1.82, 2.24) is 5.32 Å². The van der Waals surface area contributed by atoms with Gasteiger partial charge >= 0.3 is 5.97 Å². The molecule has 0 radical (unpaired) electrons. The minimum absolute atomic E-state index is 0.310. The minimum Gasteiger partial charge on any atom is -0.465 e. The highest BCUT2D eigenvalue weighted by Crippen LogP contribution is 2.19. The fourth-order valence-electron chi connectivity index (χ4n) is 1.55. The molecule has 100 valence electrons. The fourth-order valence-corrected chi connectivity index (χ4v) is 2.07. The molecule has 0 aliphatic heterocycles. The molecule has 0 fully saturated rings. The lowest BCUT2D eigenvalue weighted by Gasteiger charge is -2.09. The predicted molar refractivity (Wildman–Crippen MR) is 76.6 cm³/mol. The average molecular weight is 314 g/mol. The fraction of sp³-hybridized carbons (Fsp3) is 0.500. The summed E-state index contributed by atoms with van der Waals surface area (Å²) in [5.41, 5.74) is 1.71. The first-order chi connectivity index (χ1) is 8.54. The summed E-state index contributed by atoms with van der Waals surface area (Å²) in [5, 5.41) is 3.39. The summed E-state index contributed by atoms with van der Waals surface area (Å²) in [5.74, 6) is 0.401. The Morgan fingerprint density at radius 3 is 2.72 bits per heavy atom. The number of methoxy groups -OCH3 is 1. The maximum Gasteiger partial charge on any atom is 0.337 e. The van der Waals surface area contributed by atoms with E-state index in [1.165, 1.54) is 7.11 Å². The van der Waals surface area contributed by atoms with E-state index in [1.54, 1.807) is 12.1 Å². The minimum atomic E-state index is -0.310. The molecule has 0 amide bonds. The van der Waals surface area contributed by atoms with Gasteiger partial charge in [-0.1, -0.05) is 35.8 Å². The molecule has 1 rings (SSSR count). The molecule has 0 heterocycles. The Morgan fingerprint density at radius 2 is 2.17 bits per heavy atom. The number of carbonyl (C=O) groups is 1. The van der Waals surface area contributed by atoms with Crippen LogP contribution < -0.4 is 5.32 Å². The molecular formula is C14H20BrNO2. The Labute approximate surface area is 117 Å². The molecular weight excluding hydrogens is 294 g/mol. The van der Waals surface area contributed by atoms with Gasteiger partial charge < -0.3 is 10.1 Å². The van der Waals surface area contributed by atoms with Gasteiger partial charge in [0.1, 0.15) is 0 Å². The molecule has 4 heteroatoms. The van der Waals surface area contributed by atoms with Crippen LogP contribution in [0.15, 0.2) is 22.7 Å². The zero-order valence-corrected chi connectivity index (χ0v) is 12.7. The number of nitrogens with one attached hydrogen (secondary N) is 1. The number of benzene rings is 1. The summed E-state index contributed by atoms with van der Waals surface area (Å²) in [7, 11) is 1.39. The number of carbonyl (C=O) groups excluding carboxylic acids is 1. The zero-order chi connectivity index (χ0) is 13.5. The van der Waals surface area contributed by atoms with Gasteiger partial charge in [-0.2, -0.15) is 0 Å². The monoisotopic (exact) mass is 313 g/mol. The van der Waals surface area contributed by atoms with Crippen LogP contribution in [0, 0.1) is 5.92 Å². The molecule has 0 atom stereocenters. The van der Waals surface area contributed by atoms with Crippen molar-refractivity contribution in [1.29, 1.82) is 0 Å². The van der Waals surface area contributed by atoms with Crippen molar-refractivity contribution in [3.63, 3.8) is 0 Å². The van der Waals surface area contributed by atoms with Gasteiger partial charge in [-0.05, 0) is 36.6 Å². The Kier molecular flexibility index (Phi) is 6.36. The van der Waals surface area contributed by atoms with Crippen LogP contribution in [-0.4, -0.2) is 19.6 Å². The van der Waals surface area contributed by atoms with Crippen LogP contribution in [-0.2, 0) is 11.3 Å². The number of esters is 1. The van der Waals surface area contributed by atoms with Crippen LogP contribution in [0.1, 0.15) is 36.2 Å². The highest BCUT2D eigenvalue weighted by Gasteiger charge is 2.08. The van der Waals surface area contributed by atoms with Gasteiger partial charge in [-0.3, -0.25) is 0 Å². The standard InChI is InChI=1S/C14H20BrNO2/c1-10(2)6-7-16-9-12-5-4-11(8-13(12)15)14(17)18-3/h4-5,8,10,16H,6-7,9H2,1-3H3. The smallest absolute Gasteiger partial charge is 0.337 e. The average Bonchev–Trinajstić information content (AvgIpc) is 2.34. The van der Waals surface area contributed by atoms with Gasteiger partial charge in [0.2, 0.25) is 0 Å². The van der Waals surface area contributed by atoms with Crippen molar-refractivity contribution in [3.05, 3.63) is 33.8 Å².